The summed E-state index contributed by atoms with van der Waals surface area (Å²) in [5.41, 5.74) is 13.2. The van der Waals surface area contributed by atoms with Gasteiger partial charge in [-0.15, -0.1) is 0 Å². The smallest absolute Gasteiger partial charge is 0.333 e. The number of aryl methyl sites for hydroxylation is 1. The highest BCUT2D eigenvalue weighted by Crippen LogP contribution is 2.36. The van der Waals surface area contributed by atoms with E-state index in [-0.39, 0.29) is 18.2 Å². The lowest BCUT2D eigenvalue weighted by Gasteiger charge is -2.23. The summed E-state index contributed by atoms with van der Waals surface area (Å²) in [4.78, 5) is 24.0. The van der Waals surface area contributed by atoms with Crippen molar-refractivity contribution < 1.29 is 29.0 Å². The summed E-state index contributed by atoms with van der Waals surface area (Å²) in [5, 5.41) is 14.9. The number of hydrogen-bond acceptors (Lipinski definition) is 8. The highest BCUT2D eigenvalue weighted by molar-refractivity contribution is 5.97. The molecule has 6 N–H and O–H groups in total. The van der Waals surface area contributed by atoms with Crippen LogP contribution in [0.5, 0.6) is 11.5 Å². The van der Waals surface area contributed by atoms with Crippen LogP contribution in [0, 0.1) is 0 Å². The second-order valence-electron chi connectivity index (χ2n) is 6.70. The maximum absolute atomic E-state index is 12.7. The number of rotatable bonds is 11. The molecular formula is C22H28N4O6. The Hall–Kier alpha value is -3.95. The predicted molar refractivity (Wildman–Crippen MR) is 119 cm³/mol. The molecule has 2 aromatic rings. The standard InChI is InChI=1S/C22H28N4O6/c1-4-13-10-16(18(32-12-19(23)27)11-17(13)31-5-2)20(22(28)30-3)25-15-8-6-14(7-9-15)21(24)26-29/h6-11,20,25,29H,4-5,12H2,1-3H3,(H2,23,27)(H2,24,26). The highest BCUT2D eigenvalue weighted by atomic mass is 16.5. The average Bonchev–Trinajstić information content (AvgIpc) is 2.80. The SMILES string of the molecule is CCOc1cc(OCC(N)=O)c(C(Nc2ccc(/C(N)=N/O)cc2)C(=O)OC)cc1CC. The summed E-state index contributed by atoms with van der Waals surface area (Å²) >= 11 is 0. The summed E-state index contributed by atoms with van der Waals surface area (Å²) in [6, 6.07) is 9.06. The molecule has 10 nitrogen and oxygen atoms in total. The Balaban J connectivity index is 2.52. The van der Waals surface area contributed by atoms with E-state index in [9.17, 15) is 9.59 Å². The third kappa shape index (κ3) is 6.03. The van der Waals surface area contributed by atoms with Crippen molar-refractivity contribution in [3.05, 3.63) is 53.1 Å². The van der Waals surface area contributed by atoms with Crippen molar-refractivity contribution in [2.75, 3.05) is 25.6 Å². The molecule has 0 aromatic heterocycles. The first-order chi connectivity index (χ1) is 15.3. The van der Waals surface area contributed by atoms with E-state index in [4.69, 9.17) is 30.9 Å². The van der Waals surface area contributed by atoms with Crippen LogP contribution in [0.25, 0.3) is 0 Å². The summed E-state index contributed by atoms with van der Waals surface area (Å²) < 4.78 is 16.3. The van der Waals surface area contributed by atoms with Crippen LogP contribution in [-0.4, -0.2) is 43.2 Å². The Morgan fingerprint density at radius 3 is 2.31 bits per heavy atom. The van der Waals surface area contributed by atoms with E-state index < -0.39 is 17.9 Å². The maximum atomic E-state index is 12.7. The molecule has 0 saturated heterocycles. The van der Waals surface area contributed by atoms with E-state index >= 15 is 0 Å². The molecule has 1 unspecified atom stereocenters. The summed E-state index contributed by atoms with van der Waals surface area (Å²) in [6.45, 7) is 3.88. The van der Waals surface area contributed by atoms with Gasteiger partial charge in [-0.1, -0.05) is 12.1 Å². The Labute approximate surface area is 186 Å². The van der Waals surface area contributed by atoms with E-state index in [1.165, 1.54) is 7.11 Å². The van der Waals surface area contributed by atoms with E-state index in [0.717, 1.165) is 5.56 Å². The minimum absolute atomic E-state index is 0.0395. The van der Waals surface area contributed by atoms with Crippen LogP contribution in [0.2, 0.25) is 0 Å². The minimum atomic E-state index is -0.960. The molecule has 0 saturated carbocycles. The molecular weight excluding hydrogens is 416 g/mol. The lowest BCUT2D eigenvalue weighted by Crippen LogP contribution is -2.25. The fourth-order valence-electron chi connectivity index (χ4n) is 3.03. The van der Waals surface area contributed by atoms with Crippen LogP contribution in [0.3, 0.4) is 0 Å². The topological polar surface area (TPSA) is 158 Å². The van der Waals surface area contributed by atoms with E-state index in [2.05, 4.69) is 10.5 Å². The van der Waals surface area contributed by atoms with Gasteiger partial charge in [-0.25, -0.2) is 4.79 Å². The zero-order valence-corrected chi connectivity index (χ0v) is 18.3. The highest BCUT2D eigenvalue weighted by Gasteiger charge is 2.27. The van der Waals surface area contributed by atoms with Crippen LogP contribution in [0.1, 0.15) is 36.6 Å². The molecule has 10 heteroatoms. The van der Waals surface area contributed by atoms with Gasteiger partial charge in [-0.2, -0.15) is 0 Å². The van der Waals surface area contributed by atoms with Crippen molar-refractivity contribution in [2.45, 2.75) is 26.3 Å². The van der Waals surface area contributed by atoms with Crippen LogP contribution < -0.4 is 26.3 Å². The van der Waals surface area contributed by atoms with Gasteiger partial charge in [0.2, 0.25) is 0 Å². The second kappa shape index (κ2) is 11.4. The normalized spacial score (nSPS) is 12.0. The number of amides is 1. The largest absolute Gasteiger partial charge is 0.493 e. The average molecular weight is 444 g/mol. The zero-order chi connectivity index (χ0) is 23.7. The van der Waals surface area contributed by atoms with Crippen molar-refractivity contribution in [1.29, 1.82) is 0 Å². The minimum Gasteiger partial charge on any atom is -0.493 e. The van der Waals surface area contributed by atoms with Crippen LogP contribution in [-0.2, 0) is 20.7 Å². The molecule has 1 atom stereocenters. The number of primary amides is 1. The molecule has 0 aliphatic heterocycles. The van der Waals surface area contributed by atoms with Gasteiger partial charge in [0.1, 0.15) is 11.5 Å². The molecule has 0 bridgehead atoms. The fourth-order valence-corrected chi connectivity index (χ4v) is 3.03. The zero-order valence-electron chi connectivity index (χ0n) is 18.3. The van der Waals surface area contributed by atoms with Crippen LogP contribution in [0.4, 0.5) is 5.69 Å². The van der Waals surface area contributed by atoms with Crippen molar-refractivity contribution in [3.63, 3.8) is 0 Å². The molecule has 32 heavy (non-hydrogen) atoms. The molecule has 2 aromatic carbocycles. The number of amidine groups is 1. The third-order valence-electron chi connectivity index (χ3n) is 4.59. The number of ether oxygens (including phenoxy) is 3. The van der Waals surface area contributed by atoms with Gasteiger partial charge in [-0.3, -0.25) is 4.79 Å². The summed E-state index contributed by atoms with van der Waals surface area (Å²) in [7, 11) is 1.28. The van der Waals surface area contributed by atoms with Gasteiger partial charge >= 0.3 is 5.97 Å². The fraction of sp³-hybridized carbons (Fsp3) is 0.318. The number of carbonyl (C=O) groups excluding carboxylic acids is 2. The van der Waals surface area contributed by atoms with Crippen molar-refractivity contribution in [2.24, 2.45) is 16.6 Å². The Morgan fingerprint density at radius 1 is 1.09 bits per heavy atom. The predicted octanol–water partition coefficient (Wildman–Crippen LogP) is 1.93. The first kappa shape index (κ1) is 24.3. The number of benzene rings is 2. The number of anilines is 1. The molecule has 0 aliphatic carbocycles. The number of nitrogens with two attached hydrogens (primary N) is 2. The molecule has 0 heterocycles. The van der Waals surface area contributed by atoms with Gasteiger partial charge in [0, 0.05) is 22.9 Å². The van der Waals surface area contributed by atoms with Gasteiger partial charge < -0.3 is 36.2 Å². The third-order valence-corrected chi connectivity index (χ3v) is 4.59. The van der Waals surface area contributed by atoms with Crippen molar-refractivity contribution >= 4 is 23.4 Å². The lowest BCUT2D eigenvalue weighted by atomic mass is 9.99. The molecule has 0 spiro atoms. The number of hydrogen-bond donors (Lipinski definition) is 4. The first-order valence-electron chi connectivity index (χ1n) is 9.97. The van der Waals surface area contributed by atoms with Gasteiger partial charge in [0.15, 0.2) is 18.5 Å². The van der Waals surface area contributed by atoms with Crippen molar-refractivity contribution in [3.8, 4) is 11.5 Å². The van der Waals surface area contributed by atoms with Gasteiger partial charge in [0.05, 0.1) is 13.7 Å². The molecule has 0 aliphatic rings. The quantitative estimate of drug-likeness (QED) is 0.135. The van der Waals surface area contributed by atoms with Gasteiger partial charge in [0.25, 0.3) is 5.91 Å². The number of nitrogens with one attached hydrogen (secondary N) is 1. The molecule has 0 fully saturated rings. The van der Waals surface area contributed by atoms with E-state index in [0.29, 0.717) is 35.6 Å². The first-order valence-corrected chi connectivity index (χ1v) is 9.97. The monoisotopic (exact) mass is 444 g/mol. The number of carbonyl (C=O) groups is 2. The van der Waals surface area contributed by atoms with Gasteiger partial charge in [-0.05, 0) is 49.2 Å². The summed E-state index contributed by atoms with van der Waals surface area (Å²) in [5.74, 6) is -0.414. The Kier molecular flexibility index (Phi) is 8.70. The Morgan fingerprint density at radius 2 is 1.78 bits per heavy atom. The number of esters is 1. The molecule has 172 valence electrons. The molecule has 1 amide bonds. The van der Waals surface area contributed by atoms with Crippen molar-refractivity contribution in [1.82, 2.24) is 0 Å². The Bertz CT molecular complexity index is 975. The summed E-state index contributed by atoms with van der Waals surface area (Å²) in [6.07, 6.45) is 0.640. The lowest BCUT2D eigenvalue weighted by molar-refractivity contribution is -0.141. The second-order valence-corrected chi connectivity index (χ2v) is 6.70. The van der Waals surface area contributed by atoms with Crippen LogP contribution in [0.15, 0.2) is 41.6 Å². The molecule has 0 radical (unpaired) electrons. The van der Waals surface area contributed by atoms with E-state index in [1.54, 1.807) is 36.4 Å². The van der Waals surface area contributed by atoms with E-state index in [1.807, 2.05) is 13.8 Å². The maximum Gasteiger partial charge on any atom is 0.333 e. The van der Waals surface area contributed by atoms with Crippen LogP contribution >= 0.6 is 0 Å². The number of methoxy groups -OCH3 is 1. The number of oxime groups is 1. The number of nitrogens with zero attached hydrogens (tertiary/aromatic N) is 1. The molecule has 2 rings (SSSR count).